The van der Waals surface area contributed by atoms with Gasteiger partial charge in [0.1, 0.15) is 5.75 Å². The number of hydrogen-bond acceptors (Lipinski definition) is 3. The fourth-order valence-electron chi connectivity index (χ4n) is 1.85. The Morgan fingerprint density at radius 2 is 2.22 bits per heavy atom. The number of amides is 1. The molecule has 2 rings (SSSR count). The van der Waals surface area contributed by atoms with E-state index >= 15 is 0 Å². The first-order valence-corrected chi connectivity index (χ1v) is 5.92. The van der Waals surface area contributed by atoms with Gasteiger partial charge in [-0.15, -0.1) is 0 Å². The van der Waals surface area contributed by atoms with Gasteiger partial charge in [0.05, 0.1) is 6.61 Å². The predicted molar refractivity (Wildman–Crippen MR) is 65.8 cm³/mol. The van der Waals surface area contributed by atoms with Gasteiger partial charge in [-0.25, -0.2) is 0 Å². The number of ether oxygens (including phenoxy) is 1. The standard InChI is InChI=1S/C13H15NO4/c15-12-6-4-9-3-5-10(8-11(9)14-12)18-7-1-2-13(16)17/h3,5,8H,1-2,4,6-7H2,(H,14,15)(H,16,17). The first-order chi connectivity index (χ1) is 8.65. The predicted octanol–water partition coefficient (Wildman–Crippen LogP) is 1.81. The van der Waals surface area contributed by atoms with E-state index in [1.165, 1.54) is 0 Å². The van der Waals surface area contributed by atoms with E-state index in [4.69, 9.17) is 9.84 Å². The van der Waals surface area contributed by atoms with Crippen LogP contribution < -0.4 is 10.1 Å². The quantitative estimate of drug-likeness (QED) is 0.780. The molecule has 1 aliphatic heterocycles. The summed E-state index contributed by atoms with van der Waals surface area (Å²) >= 11 is 0. The summed E-state index contributed by atoms with van der Waals surface area (Å²) in [6.45, 7) is 0.360. The third kappa shape index (κ3) is 3.23. The molecule has 1 aromatic carbocycles. The van der Waals surface area contributed by atoms with Crippen molar-refractivity contribution in [1.29, 1.82) is 0 Å². The van der Waals surface area contributed by atoms with Gasteiger partial charge in [-0.05, 0) is 24.5 Å². The molecular formula is C13H15NO4. The molecule has 0 saturated carbocycles. The van der Waals surface area contributed by atoms with Gasteiger partial charge in [0.2, 0.25) is 5.91 Å². The second kappa shape index (κ2) is 5.53. The lowest BCUT2D eigenvalue weighted by molar-refractivity contribution is -0.137. The normalized spacial score (nSPS) is 13.7. The van der Waals surface area contributed by atoms with Crippen molar-refractivity contribution < 1.29 is 19.4 Å². The van der Waals surface area contributed by atoms with Crippen LogP contribution in [-0.4, -0.2) is 23.6 Å². The smallest absolute Gasteiger partial charge is 0.303 e. The second-order valence-electron chi connectivity index (χ2n) is 4.21. The zero-order valence-corrected chi connectivity index (χ0v) is 9.94. The summed E-state index contributed by atoms with van der Waals surface area (Å²) < 4.78 is 5.44. The number of carboxylic acids is 1. The molecule has 0 aliphatic carbocycles. The highest BCUT2D eigenvalue weighted by molar-refractivity contribution is 5.94. The Labute approximate surface area is 105 Å². The van der Waals surface area contributed by atoms with Crippen LogP contribution in [0.25, 0.3) is 0 Å². The number of nitrogens with one attached hydrogen (secondary N) is 1. The summed E-state index contributed by atoms with van der Waals surface area (Å²) in [7, 11) is 0. The molecule has 0 saturated heterocycles. The van der Waals surface area contributed by atoms with Gasteiger partial charge in [-0.3, -0.25) is 9.59 Å². The fraction of sp³-hybridized carbons (Fsp3) is 0.385. The Morgan fingerprint density at radius 3 is 3.00 bits per heavy atom. The molecule has 5 heteroatoms. The number of carboxylic acid groups (broad SMARTS) is 1. The van der Waals surface area contributed by atoms with E-state index in [9.17, 15) is 9.59 Å². The molecule has 0 radical (unpaired) electrons. The molecule has 18 heavy (non-hydrogen) atoms. The van der Waals surface area contributed by atoms with Gasteiger partial charge in [-0.2, -0.15) is 0 Å². The minimum atomic E-state index is -0.823. The van der Waals surface area contributed by atoms with Gasteiger partial charge < -0.3 is 15.2 Å². The molecular weight excluding hydrogens is 234 g/mol. The van der Waals surface area contributed by atoms with Crippen LogP contribution in [0.15, 0.2) is 18.2 Å². The van der Waals surface area contributed by atoms with E-state index < -0.39 is 5.97 Å². The Morgan fingerprint density at radius 1 is 1.39 bits per heavy atom. The topological polar surface area (TPSA) is 75.6 Å². The number of hydrogen-bond donors (Lipinski definition) is 2. The summed E-state index contributed by atoms with van der Waals surface area (Å²) in [5, 5.41) is 11.3. The highest BCUT2D eigenvalue weighted by Crippen LogP contribution is 2.27. The average molecular weight is 249 g/mol. The maximum atomic E-state index is 11.3. The van der Waals surface area contributed by atoms with Crippen LogP contribution >= 0.6 is 0 Å². The maximum Gasteiger partial charge on any atom is 0.303 e. The van der Waals surface area contributed by atoms with Crippen molar-refractivity contribution in [2.45, 2.75) is 25.7 Å². The number of fused-ring (bicyclic) bond motifs is 1. The minimum Gasteiger partial charge on any atom is -0.494 e. The highest BCUT2D eigenvalue weighted by Gasteiger charge is 2.14. The van der Waals surface area contributed by atoms with Crippen LogP contribution in [0.2, 0.25) is 0 Å². The number of anilines is 1. The molecule has 0 bridgehead atoms. The summed E-state index contributed by atoms with van der Waals surface area (Å²) in [5.74, 6) is -0.150. The van der Waals surface area contributed by atoms with E-state index in [0.717, 1.165) is 17.7 Å². The molecule has 2 N–H and O–H groups in total. The Bertz CT molecular complexity index is 470. The van der Waals surface area contributed by atoms with E-state index in [0.29, 0.717) is 25.2 Å². The molecule has 1 heterocycles. The summed E-state index contributed by atoms with van der Waals surface area (Å²) in [6, 6.07) is 5.56. The molecule has 0 fully saturated rings. The van der Waals surface area contributed by atoms with Gasteiger partial charge >= 0.3 is 5.97 Å². The van der Waals surface area contributed by atoms with Crippen molar-refractivity contribution in [3.63, 3.8) is 0 Å². The van der Waals surface area contributed by atoms with Crippen LogP contribution in [-0.2, 0) is 16.0 Å². The number of carbonyl (C=O) groups is 2. The van der Waals surface area contributed by atoms with Crippen LogP contribution in [0.1, 0.15) is 24.8 Å². The SMILES string of the molecule is O=C(O)CCCOc1ccc2c(c1)NC(=O)CC2. The Hall–Kier alpha value is -2.04. The number of aryl methyl sites for hydroxylation is 1. The Balaban J connectivity index is 1.92. The number of aliphatic carboxylic acids is 1. The molecule has 1 aromatic rings. The van der Waals surface area contributed by atoms with Crippen molar-refractivity contribution >= 4 is 17.6 Å². The molecule has 0 unspecified atom stereocenters. The Kier molecular flexibility index (Phi) is 3.82. The van der Waals surface area contributed by atoms with Gasteiger partial charge in [0.15, 0.2) is 0 Å². The summed E-state index contributed by atoms with van der Waals surface area (Å²) in [6.07, 6.45) is 1.84. The molecule has 96 valence electrons. The maximum absolute atomic E-state index is 11.3. The lowest BCUT2D eigenvalue weighted by atomic mass is 10.0. The van der Waals surface area contributed by atoms with Crippen LogP contribution in [0.4, 0.5) is 5.69 Å². The monoisotopic (exact) mass is 249 g/mol. The fourth-order valence-corrected chi connectivity index (χ4v) is 1.85. The number of carbonyl (C=O) groups excluding carboxylic acids is 1. The van der Waals surface area contributed by atoms with Crippen LogP contribution in [0, 0.1) is 0 Å². The zero-order chi connectivity index (χ0) is 13.0. The largest absolute Gasteiger partial charge is 0.494 e. The van der Waals surface area contributed by atoms with Crippen molar-refractivity contribution in [2.24, 2.45) is 0 Å². The van der Waals surface area contributed by atoms with Gasteiger partial charge in [-0.1, -0.05) is 6.07 Å². The minimum absolute atomic E-state index is 0.0190. The molecule has 1 amide bonds. The van der Waals surface area contributed by atoms with Crippen molar-refractivity contribution in [3.05, 3.63) is 23.8 Å². The third-order valence-corrected chi connectivity index (χ3v) is 2.78. The number of benzene rings is 1. The van der Waals surface area contributed by atoms with E-state index in [-0.39, 0.29) is 12.3 Å². The number of rotatable bonds is 5. The lowest BCUT2D eigenvalue weighted by Gasteiger charge is -2.17. The van der Waals surface area contributed by atoms with Crippen molar-refractivity contribution in [1.82, 2.24) is 0 Å². The van der Waals surface area contributed by atoms with Crippen molar-refractivity contribution in [3.8, 4) is 5.75 Å². The van der Waals surface area contributed by atoms with Crippen LogP contribution in [0.3, 0.4) is 0 Å². The molecule has 1 aliphatic rings. The highest BCUT2D eigenvalue weighted by atomic mass is 16.5. The lowest BCUT2D eigenvalue weighted by Crippen LogP contribution is -2.18. The first-order valence-electron chi connectivity index (χ1n) is 5.92. The summed E-state index contributed by atoms with van der Waals surface area (Å²) in [4.78, 5) is 21.6. The van der Waals surface area contributed by atoms with Gasteiger partial charge in [0, 0.05) is 24.6 Å². The van der Waals surface area contributed by atoms with Gasteiger partial charge in [0.25, 0.3) is 0 Å². The first kappa shape index (κ1) is 12.4. The van der Waals surface area contributed by atoms with E-state index in [1.54, 1.807) is 6.07 Å². The molecule has 0 aromatic heterocycles. The zero-order valence-electron chi connectivity index (χ0n) is 9.94. The summed E-state index contributed by atoms with van der Waals surface area (Å²) in [5.41, 5.74) is 1.90. The molecule has 0 spiro atoms. The van der Waals surface area contributed by atoms with E-state index in [1.807, 2.05) is 12.1 Å². The second-order valence-corrected chi connectivity index (χ2v) is 4.21. The molecule has 0 atom stereocenters. The van der Waals surface area contributed by atoms with Crippen molar-refractivity contribution in [2.75, 3.05) is 11.9 Å². The third-order valence-electron chi connectivity index (χ3n) is 2.78. The van der Waals surface area contributed by atoms with E-state index in [2.05, 4.69) is 5.32 Å². The van der Waals surface area contributed by atoms with Crippen LogP contribution in [0.5, 0.6) is 5.75 Å². The average Bonchev–Trinajstić information content (AvgIpc) is 2.34. The molecule has 5 nitrogen and oxygen atoms in total.